The van der Waals surface area contributed by atoms with Crippen LogP contribution in [0.4, 0.5) is 0 Å². The lowest BCUT2D eigenvalue weighted by molar-refractivity contribution is 0.236. The summed E-state index contributed by atoms with van der Waals surface area (Å²) < 4.78 is 0. The fraction of sp³-hybridized carbons (Fsp3) is 0.600. The van der Waals surface area contributed by atoms with Crippen molar-refractivity contribution in [3.05, 3.63) is 35.9 Å². The van der Waals surface area contributed by atoms with Crippen molar-refractivity contribution in [1.82, 2.24) is 4.90 Å². The van der Waals surface area contributed by atoms with Gasteiger partial charge >= 0.3 is 0 Å². The van der Waals surface area contributed by atoms with Crippen LogP contribution >= 0.6 is 0 Å². The number of hydrogen-bond acceptors (Lipinski definition) is 2. The van der Waals surface area contributed by atoms with E-state index in [9.17, 15) is 0 Å². The molecule has 0 radical (unpaired) electrons. The molecule has 2 heteroatoms. The first-order chi connectivity index (χ1) is 8.33. The van der Waals surface area contributed by atoms with Crippen LogP contribution in [0.15, 0.2) is 30.3 Å². The summed E-state index contributed by atoms with van der Waals surface area (Å²) in [6.07, 6.45) is 6.63. The van der Waals surface area contributed by atoms with Gasteiger partial charge in [0.15, 0.2) is 0 Å². The second kappa shape index (κ2) is 4.79. The van der Waals surface area contributed by atoms with Crippen molar-refractivity contribution in [3.63, 3.8) is 0 Å². The van der Waals surface area contributed by atoms with Gasteiger partial charge in [-0.3, -0.25) is 4.90 Å². The summed E-state index contributed by atoms with van der Waals surface area (Å²) in [6.45, 7) is 1.09. The van der Waals surface area contributed by atoms with Crippen molar-refractivity contribution in [2.24, 2.45) is 5.73 Å². The van der Waals surface area contributed by atoms with Crippen molar-refractivity contribution < 1.29 is 0 Å². The molecule has 0 spiro atoms. The number of rotatable bonds is 4. The number of fused-ring (bicyclic) bond motifs is 2. The van der Waals surface area contributed by atoms with Gasteiger partial charge in [0.2, 0.25) is 0 Å². The van der Waals surface area contributed by atoms with Gasteiger partial charge in [-0.15, -0.1) is 0 Å². The van der Waals surface area contributed by atoms with Gasteiger partial charge in [0.25, 0.3) is 0 Å². The Morgan fingerprint density at radius 3 is 2.24 bits per heavy atom. The average molecular weight is 230 g/mol. The molecule has 2 aliphatic heterocycles. The molecule has 1 aromatic rings. The van der Waals surface area contributed by atoms with Crippen LogP contribution in [0.25, 0.3) is 0 Å². The van der Waals surface area contributed by atoms with Crippen molar-refractivity contribution >= 4 is 0 Å². The molecular weight excluding hydrogens is 208 g/mol. The maximum atomic E-state index is 6.30. The van der Waals surface area contributed by atoms with E-state index in [-0.39, 0.29) is 0 Å². The van der Waals surface area contributed by atoms with Crippen LogP contribution in [0.2, 0.25) is 0 Å². The Bertz CT molecular complexity index is 342. The van der Waals surface area contributed by atoms with Gasteiger partial charge in [0, 0.05) is 24.7 Å². The molecule has 0 unspecified atom stereocenters. The summed E-state index contributed by atoms with van der Waals surface area (Å²) in [4.78, 5) is 2.67. The molecule has 2 nitrogen and oxygen atoms in total. The minimum atomic E-state index is 0.290. The fourth-order valence-corrected chi connectivity index (χ4v) is 3.57. The van der Waals surface area contributed by atoms with Crippen molar-refractivity contribution in [2.45, 2.75) is 50.2 Å². The summed E-state index contributed by atoms with van der Waals surface area (Å²) >= 11 is 0. The van der Waals surface area contributed by atoms with Gasteiger partial charge in [-0.2, -0.15) is 0 Å². The Hall–Kier alpha value is -0.860. The summed E-state index contributed by atoms with van der Waals surface area (Å²) in [5.41, 5.74) is 7.66. The highest BCUT2D eigenvalue weighted by Crippen LogP contribution is 2.37. The molecular formula is C15H22N2. The first-order valence-electron chi connectivity index (χ1n) is 6.88. The largest absolute Gasteiger partial charge is 0.326 e. The van der Waals surface area contributed by atoms with Crippen molar-refractivity contribution in [3.8, 4) is 0 Å². The lowest BCUT2D eigenvalue weighted by Crippen LogP contribution is -2.41. The number of nitrogens with two attached hydrogens (primary N) is 1. The zero-order valence-corrected chi connectivity index (χ0v) is 10.4. The third-order valence-corrected chi connectivity index (χ3v) is 4.39. The lowest BCUT2D eigenvalue weighted by Gasteiger charge is -2.25. The van der Waals surface area contributed by atoms with Gasteiger partial charge in [-0.1, -0.05) is 30.3 Å². The van der Waals surface area contributed by atoms with Gasteiger partial charge in [-0.05, 0) is 37.7 Å². The molecule has 0 amide bonds. The zero-order chi connectivity index (χ0) is 11.7. The Labute approximate surface area is 104 Å². The van der Waals surface area contributed by atoms with E-state index in [0.717, 1.165) is 25.0 Å². The first-order valence-corrected chi connectivity index (χ1v) is 6.88. The third-order valence-electron chi connectivity index (χ3n) is 4.39. The predicted octanol–water partition coefficient (Wildman–Crippen LogP) is 2.18. The van der Waals surface area contributed by atoms with E-state index < -0.39 is 0 Å². The highest BCUT2D eigenvalue weighted by molar-refractivity contribution is 5.16. The second-order valence-corrected chi connectivity index (χ2v) is 5.61. The highest BCUT2D eigenvalue weighted by Gasteiger charge is 2.39. The molecule has 3 rings (SSSR count). The molecule has 2 aliphatic rings. The number of benzene rings is 1. The summed E-state index contributed by atoms with van der Waals surface area (Å²) in [5, 5.41) is 0. The van der Waals surface area contributed by atoms with Crippen LogP contribution in [0.3, 0.4) is 0 Å². The maximum Gasteiger partial charge on any atom is 0.0208 e. The van der Waals surface area contributed by atoms with E-state index in [1.165, 1.54) is 31.2 Å². The van der Waals surface area contributed by atoms with E-state index in [1.54, 1.807) is 0 Å². The van der Waals surface area contributed by atoms with E-state index in [1.807, 2.05) is 0 Å². The predicted molar refractivity (Wildman–Crippen MR) is 70.9 cm³/mol. The SMILES string of the molecule is N[C@H](Cc1ccccc1)CN1C2CCC1CC2. The standard InChI is InChI=1S/C15H22N2/c16-13(10-12-4-2-1-3-5-12)11-17-14-6-7-15(17)9-8-14/h1-5,13-15H,6-11,16H2/t13-,14?,15?/m1/s1. The molecule has 2 fully saturated rings. The molecule has 0 saturated carbocycles. The van der Waals surface area contributed by atoms with Gasteiger partial charge < -0.3 is 5.73 Å². The Morgan fingerprint density at radius 2 is 1.65 bits per heavy atom. The molecule has 2 N–H and O–H groups in total. The smallest absolute Gasteiger partial charge is 0.0208 e. The fourth-order valence-electron chi connectivity index (χ4n) is 3.57. The minimum Gasteiger partial charge on any atom is -0.326 e. The van der Waals surface area contributed by atoms with Crippen LogP contribution in [-0.4, -0.2) is 29.6 Å². The van der Waals surface area contributed by atoms with Crippen LogP contribution < -0.4 is 5.73 Å². The molecule has 0 aromatic heterocycles. The number of nitrogens with zero attached hydrogens (tertiary/aromatic N) is 1. The summed E-state index contributed by atoms with van der Waals surface area (Å²) in [7, 11) is 0. The Balaban J connectivity index is 1.55. The van der Waals surface area contributed by atoms with Crippen molar-refractivity contribution in [2.75, 3.05) is 6.54 Å². The van der Waals surface area contributed by atoms with Gasteiger partial charge in [0.1, 0.15) is 0 Å². The molecule has 2 bridgehead atoms. The van der Waals surface area contributed by atoms with Crippen LogP contribution in [0.1, 0.15) is 31.2 Å². The lowest BCUT2D eigenvalue weighted by atomic mass is 10.0. The van der Waals surface area contributed by atoms with Gasteiger partial charge in [0.05, 0.1) is 0 Å². The maximum absolute atomic E-state index is 6.30. The Morgan fingerprint density at radius 1 is 1.06 bits per heavy atom. The topological polar surface area (TPSA) is 29.3 Å². The second-order valence-electron chi connectivity index (χ2n) is 5.61. The first kappa shape index (κ1) is 11.2. The summed E-state index contributed by atoms with van der Waals surface area (Å²) in [6, 6.07) is 12.6. The molecule has 2 heterocycles. The van der Waals surface area contributed by atoms with E-state index in [0.29, 0.717) is 6.04 Å². The quantitative estimate of drug-likeness (QED) is 0.859. The minimum absolute atomic E-state index is 0.290. The van der Waals surface area contributed by atoms with Crippen LogP contribution in [0, 0.1) is 0 Å². The summed E-state index contributed by atoms with van der Waals surface area (Å²) in [5.74, 6) is 0. The molecule has 1 aromatic carbocycles. The monoisotopic (exact) mass is 230 g/mol. The third kappa shape index (κ3) is 2.38. The van der Waals surface area contributed by atoms with E-state index >= 15 is 0 Å². The normalized spacial score (nSPS) is 29.7. The van der Waals surface area contributed by atoms with Gasteiger partial charge in [-0.25, -0.2) is 0 Å². The van der Waals surface area contributed by atoms with Crippen LogP contribution in [0.5, 0.6) is 0 Å². The van der Waals surface area contributed by atoms with E-state index in [2.05, 4.69) is 35.2 Å². The number of hydrogen-bond donors (Lipinski definition) is 1. The molecule has 1 atom stereocenters. The zero-order valence-electron chi connectivity index (χ0n) is 10.4. The van der Waals surface area contributed by atoms with Crippen molar-refractivity contribution in [1.29, 1.82) is 0 Å². The molecule has 0 aliphatic carbocycles. The van der Waals surface area contributed by atoms with E-state index in [4.69, 9.17) is 5.73 Å². The van der Waals surface area contributed by atoms with Crippen LogP contribution in [-0.2, 0) is 6.42 Å². The Kier molecular flexibility index (Phi) is 3.17. The molecule has 92 valence electrons. The average Bonchev–Trinajstić information content (AvgIpc) is 2.90. The molecule has 17 heavy (non-hydrogen) atoms. The highest BCUT2D eigenvalue weighted by atomic mass is 15.2. The molecule has 2 saturated heterocycles.